The van der Waals surface area contributed by atoms with Crippen LogP contribution in [0.2, 0.25) is 0 Å². The first-order valence-electron chi connectivity index (χ1n) is 6.16. The second kappa shape index (κ2) is 5.85. The number of rotatable bonds is 2. The SMILES string of the molecule is Cc1ccc(C(=O)N2CCOC(CBr)C2)c(C)c1. The number of ether oxygens (including phenoxy) is 1. The van der Waals surface area contributed by atoms with Crippen molar-refractivity contribution in [2.45, 2.75) is 20.0 Å². The molecule has 0 aliphatic carbocycles. The molecule has 1 fully saturated rings. The molecule has 1 aromatic carbocycles. The molecule has 1 unspecified atom stereocenters. The third-order valence-corrected chi connectivity index (χ3v) is 3.93. The number of amides is 1. The predicted molar refractivity (Wildman–Crippen MR) is 75.4 cm³/mol. The van der Waals surface area contributed by atoms with E-state index in [9.17, 15) is 4.79 Å². The number of nitrogens with zero attached hydrogens (tertiary/aromatic N) is 1. The van der Waals surface area contributed by atoms with E-state index >= 15 is 0 Å². The van der Waals surface area contributed by atoms with Crippen LogP contribution in [0.25, 0.3) is 0 Å². The number of alkyl halides is 1. The predicted octanol–water partition coefficient (Wildman–Crippen LogP) is 2.54. The third-order valence-electron chi connectivity index (χ3n) is 3.21. The molecule has 1 atom stereocenters. The van der Waals surface area contributed by atoms with E-state index in [2.05, 4.69) is 22.0 Å². The number of halogens is 1. The zero-order chi connectivity index (χ0) is 13.1. The van der Waals surface area contributed by atoms with Crippen molar-refractivity contribution in [3.05, 3.63) is 34.9 Å². The van der Waals surface area contributed by atoms with E-state index in [1.165, 1.54) is 5.56 Å². The maximum absolute atomic E-state index is 12.4. The van der Waals surface area contributed by atoms with E-state index in [0.717, 1.165) is 16.5 Å². The van der Waals surface area contributed by atoms with Crippen molar-refractivity contribution in [3.63, 3.8) is 0 Å². The molecule has 0 bridgehead atoms. The highest BCUT2D eigenvalue weighted by atomic mass is 79.9. The van der Waals surface area contributed by atoms with Crippen LogP contribution < -0.4 is 0 Å². The number of morpholine rings is 1. The molecule has 4 heteroatoms. The summed E-state index contributed by atoms with van der Waals surface area (Å²) in [5, 5.41) is 0.768. The minimum Gasteiger partial charge on any atom is -0.374 e. The standard InChI is InChI=1S/C14H18BrNO2/c1-10-3-4-13(11(2)7-10)14(17)16-5-6-18-12(8-15)9-16/h3-4,7,12H,5-6,8-9H2,1-2H3. The average molecular weight is 312 g/mol. The maximum atomic E-state index is 12.4. The smallest absolute Gasteiger partial charge is 0.254 e. The van der Waals surface area contributed by atoms with Crippen molar-refractivity contribution in [2.75, 3.05) is 25.0 Å². The summed E-state index contributed by atoms with van der Waals surface area (Å²) in [7, 11) is 0. The lowest BCUT2D eigenvalue weighted by molar-refractivity contribution is -0.00968. The highest BCUT2D eigenvalue weighted by molar-refractivity contribution is 9.09. The van der Waals surface area contributed by atoms with Crippen molar-refractivity contribution in [1.82, 2.24) is 4.90 Å². The Balaban J connectivity index is 2.15. The summed E-state index contributed by atoms with van der Waals surface area (Å²) < 4.78 is 5.55. The van der Waals surface area contributed by atoms with Gasteiger partial charge in [0.15, 0.2) is 0 Å². The number of carbonyl (C=O) groups is 1. The van der Waals surface area contributed by atoms with Crippen LogP contribution in [0.5, 0.6) is 0 Å². The van der Waals surface area contributed by atoms with Gasteiger partial charge in [-0.1, -0.05) is 33.6 Å². The van der Waals surface area contributed by atoms with Crippen LogP contribution in [0.15, 0.2) is 18.2 Å². The summed E-state index contributed by atoms with van der Waals surface area (Å²) in [6, 6.07) is 5.96. The Morgan fingerprint density at radius 3 is 2.94 bits per heavy atom. The molecule has 1 aromatic rings. The second-order valence-corrected chi connectivity index (χ2v) is 5.36. The molecule has 98 valence electrons. The molecule has 1 heterocycles. The van der Waals surface area contributed by atoms with E-state index in [4.69, 9.17) is 4.74 Å². The van der Waals surface area contributed by atoms with Gasteiger partial charge in [-0.05, 0) is 25.5 Å². The summed E-state index contributed by atoms with van der Waals surface area (Å²) in [6.07, 6.45) is 0.105. The molecule has 3 nitrogen and oxygen atoms in total. The van der Waals surface area contributed by atoms with E-state index in [-0.39, 0.29) is 12.0 Å². The van der Waals surface area contributed by atoms with Gasteiger partial charge in [-0.15, -0.1) is 0 Å². The van der Waals surface area contributed by atoms with E-state index in [0.29, 0.717) is 19.7 Å². The molecule has 0 spiro atoms. The third kappa shape index (κ3) is 2.93. The number of benzene rings is 1. The van der Waals surface area contributed by atoms with E-state index < -0.39 is 0 Å². The zero-order valence-corrected chi connectivity index (χ0v) is 12.4. The summed E-state index contributed by atoms with van der Waals surface area (Å²) in [5.41, 5.74) is 3.03. The van der Waals surface area contributed by atoms with Crippen LogP contribution in [0.4, 0.5) is 0 Å². The Bertz CT molecular complexity index is 447. The lowest BCUT2D eigenvalue weighted by Gasteiger charge is -2.32. The van der Waals surface area contributed by atoms with Gasteiger partial charge in [0.2, 0.25) is 0 Å². The quantitative estimate of drug-likeness (QED) is 0.786. The molecular formula is C14H18BrNO2. The van der Waals surface area contributed by atoms with Gasteiger partial charge < -0.3 is 9.64 Å². The fourth-order valence-corrected chi connectivity index (χ4v) is 2.61. The molecule has 0 N–H and O–H groups in total. The Hall–Kier alpha value is -0.870. The largest absolute Gasteiger partial charge is 0.374 e. The first kappa shape index (κ1) is 13.6. The minimum absolute atomic E-state index is 0.105. The van der Waals surface area contributed by atoms with Gasteiger partial charge in [-0.2, -0.15) is 0 Å². The molecule has 1 aliphatic rings. The van der Waals surface area contributed by atoms with Crippen molar-refractivity contribution in [3.8, 4) is 0 Å². The van der Waals surface area contributed by atoms with Crippen molar-refractivity contribution in [1.29, 1.82) is 0 Å². The van der Waals surface area contributed by atoms with Gasteiger partial charge in [0.25, 0.3) is 5.91 Å². The lowest BCUT2D eigenvalue weighted by atomic mass is 10.0. The Morgan fingerprint density at radius 2 is 2.28 bits per heavy atom. The molecule has 1 aliphatic heterocycles. The monoisotopic (exact) mass is 311 g/mol. The molecule has 0 saturated carbocycles. The summed E-state index contributed by atoms with van der Waals surface area (Å²) in [5.74, 6) is 0.113. The number of carbonyl (C=O) groups excluding carboxylic acids is 1. The normalized spacial score (nSPS) is 19.9. The van der Waals surface area contributed by atoms with Gasteiger partial charge in [-0.3, -0.25) is 4.79 Å². The number of hydrogen-bond acceptors (Lipinski definition) is 2. The number of aryl methyl sites for hydroxylation is 2. The van der Waals surface area contributed by atoms with Crippen LogP contribution >= 0.6 is 15.9 Å². The van der Waals surface area contributed by atoms with E-state index in [1.807, 2.05) is 30.9 Å². The molecule has 18 heavy (non-hydrogen) atoms. The molecule has 0 radical (unpaired) electrons. The van der Waals surface area contributed by atoms with Gasteiger partial charge in [0.1, 0.15) is 0 Å². The Labute approximate surface area is 116 Å². The van der Waals surface area contributed by atoms with Crippen LogP contribution in [-0.4, -0.2) is 41.9 Å². The zero-order valence-electron chi connectivity index (χ0n) is 10.8. The van der Waals surface area contributed by atoms with Gasteiger partial charge in [0, 0.05) is 24.0 Å². The molecular weight excluding hydrogens is 294 g/mol. The molecule has 1 saturated heterocycles. The first-order valence-corrected chi connectivity index (χ1v) is 7.28. The fraction of sp³-hybridized carbons (Fsp3) is 0.500. The summed E-state index contributed by atoms with van der Waals surface area (Å²) in [4.78, 5) is 14.3. The summed E-state index contributed by atoms with van der Waals surface area (Å²) in [6.45, 7) is 5.99. The van der Waals surface area contributed by atoms with Crippen molar-refractivity contribution >= 4 is 21.8 Å². The first-order chi connectivity index (χ1) is 8.61. The highest BCUT2D eigenvalue weighted by Gasteiger charge is 2.25. The van der Waals surface area contributed by atoms with Crippen LogP contribution in [-0.2, 0) is 4.74 Å². The van der Waals surface area contributed by atoms with Crippen molar-refractivity contribution in [2.24, 2.45) is 0 Å². The van der Waals surface area contributed by atoms with Crippen LogP contribution in [0.1, 0.15) is 21.5 Å². The lowest BCUT2D eigenvalue weighted by Crippen LogP contribution is -2.46. The van der Waals surface area contributed by atoms with Crippen molar-refractivity contribution < 1.29 is 9.53 Å². The molecule has 1 amide bonds. The fourth-order valence-electron chi connectivity index (χ4n) is 2.22. The van der Waals surface area contributed by atoms with Gasteiger partial charge in [-0.25, -0.2) is 0 Å². The molecule has 0 aromatic heterocycles. The van der Waals surface area contributed by atoms with Gasteiger partial charge >= 0.3 is 0 Å². The number of hydrogen-bond donors (Lipinski definition) is 0. The minimum atomic E-state index is 0.105. The molecule has 2 rings (SSSR count). The Morgan fingerprint density at radius 1 is 1.50 bits per heavy atom. The van der Waals surface area contributed by atoms with E-state index in [1.54, 1.807) is 0 Å². The topological polar surface area (TPSA) is 29.5 Å². The van der Waals surface area contributed by atoms with Crippen LogP contribution in [0, 0.1) is 13.8 Å². The maximum Gasteiger partial charge on any atom is 0.254 e. The van der Waals surface area contributed by atoms with Gasteiger partial charge in [0.05, 0.1) is 12.7 Å². The van der Waals surface area contributed by atoms with Crippen LogP contribution in [0.3, 0.4) is 0 Å². The highest BCUT2D eigenvalue weighted by Crippen LogP contribution is 2.16. The summed E-state index contributed by atoms with van der Waals surface area (Å²) >= 11 is 3.40. The average Bonchev–Trinajstić information content (AvgIpc) is 2.38. The Kier molecular flexibility index (Phi) is 4.40. The second-order valence-electron chi connectivity index (χ2n) is 4.72.